The van der Waals surface area contributed by atoms with E-state index in [1.165, 1.54) is 97.7 Å². The van der Waals surface area contributed by atoms with E-state index in [1.807, 2.05) is 11.3 Å². The Hall–Kier alpha value is -7.52. The minimum Gasteiger partial charge on any atom is -0.310 e. The lowest BCUT2D eigenvalue weighted by atomic mass is 9.70. The maximum atomic E-state index is 2.49. The van der Waals surface area contributed by atoms with Gasteiger partial charge in [0, 0.05) is 42.6 Å². The summed E-state index contributed by atoms with van der Waals surface area (Å²) in [6.45, 7) is 0. The van der Waals surface area contributed by atoms with Crippen molar-refractivity contribution in [1.82, 2.24) is 0 Å². The van der Waals surface area contributed by atoms with E-state index in [0.29, 0.717) is 0 Å². The van der Waals surface area contributed by atoms with Gasteiger partial charge in [0.2, 0.25) is 0 Å². The predicted octanol–water partition coefficient (Wildman–Crippen LogP) is 16.4. The summed E-state index contributed by atoms with van der Waals surface area (Å²) in [7, 11) is 0. The second-order valence-corrected chi connectivity index (χ2v) is 17.4. The van der Waals surface area contributed by atoms with Gasteiger partial charge in [-0.1, -0.05) is 182 Å². The Morgan fingerprint density at radius 2 is 0.787 bits per heavy atom. The van der Waals surface area contributed by atoms with Crippen LogP contribution in [0.25, 0.3) is 75.5 Å². The van der Waals surface area contributed by atoms with Crippen LogP contribution in [0.15, 0.2) is 224 Å². The molecule has 0 aliphatic heterocycles. The average molecular weight is 792 g/mol. The van der Waals surface area contributed by atoms with Crippen molar-refractivity contribution >= 4 is 59.3 Å². The zero-order chi connectivity index (χ0) is 40.1. The van der Waals surface area contributed by atoms with Crippen molar-refractivity contribution in [3.05, 3.63) is 247 Å². The van der Waals surface area contributed by atoms with Crippen molar-refractivity contribution in [2.24, 2.45) is 0 Å². The number of hydrogen-bond donors (Lipinski definition) is 0. The summed E-state index contributed by atoms with van der Waals surface area (Å²) in [6, 6.07) is 83.4. The van der Waals surface area contributed by atoms with Crippen LogP contribution in [0.4, 0.5) is 17.1 Å². The van der Waals surface area contributed by atoms with E-state index in [-0.39, 0.29) is 0 Å². The lowest BCUT2D eigenvalue weighted by Crippen LogP contribution is -2.26. The van der Waals surface area contributed by atoms with Crippen molar-refractivity contribution in [1.29, 1.82) is 0 Å². The minimum absolute atomic E-state index is 0.426. The van der Waals surface area contributed by atoms with E-state index in [9.17, 15) is 0 Å². The maximum absolute atomic E-state index is 2.49. The molecule has 1 heterocycles. The summed E-state index contributed by atoms with van der Waals surface area (Å²) in [6.07, 6.45) is 0. The smallest absolute Gasteiger partial charge is 0.0726 e. The van der Waals surface area contributed by atoms with Crippen molar-refractivity contribution in [2.75, 3.05) is 4.90 Å². The third-order valence-corrected chi connectivity index (χ3v) is 14.5. The molecule has 11 aromatic rings. The summed E-state index contributed by atoms with van der Waals surface area (Å²) in [5, 5.41) is 5.18. The Kier molecular flexibility index (Phi) is 7.46. The first kappa shape index (κ1) is 34.4. The predicted molar refractivity (Wildman–Crippen MR) is 259 cm³/mol. The summed E-state index contributed by atoms with van der Waals surface area (Å²) in [4.78, 5) is 2.47. The fourth-order valence-corrected chi connectivity index (χ4v) is 11.9. The molecule has 0 saturated heterocycles. The van der Waals surface area contributed by atoms with Crippen LogP contribution in [0.1, 0.15) is 22.3 Å². The number of benzene rings is 10. The second kappa shape index (κ2) is 13.2. The normalized spacial score (nSPS) is 13.0. The molecule has 0 amide bonds. The fraction of sp³-hybridized carbons (Fsp3) is 0.0169. The summed E-state index contributed by atoms with van der Waals surface area (Å²) >= 11 is 1.90. The number of fused-ring (bicyclic) bond motifs is 15. The summed E-state index contributed by atoms with van der Waals surface area (Å²) < 4.78 is 2.61. The van der Waals surface area contributed by atoms with Gasteiger partial charge in [-0.15, -0.1) is 11.3 Å². The Morgan fingerprint density at radius 3 is 1.44 bits per heavy atom. The molecular formula is C59H37NS. The van der Waals surface area contributed by atoms with Gasteiger partial charge in [-0.05, 0) is 115 Å². The standard InChI is InChI=1S/C59H37NS/c1-3-15-38(16-4-1)39-27-29-41(30-28-39)60(43-32-34-49-52-37-51(40-17-5-2-6-18-40)44-19-7-8-23-50(44)58(52)61-57(49)36-43)42-31-33-48-47-22-11-14-26-55(47)59(56(48)35-42)53-24-12-9-20-45(53)46-21-10-13-25-54(46)59/h1-37H. The lowest BCUT2D eigenvalue weighted by molar-refractivity contribution is 0.793. The first-order chi connectivity index (χ1) is 30.3. The molecular weight excluding hydrogens is 755 g/mol. The van der Waals surface area contributed by atoms with E-state index in [2.05, 4.69) is 229 Å². The third-order valence-electron chi connectivity index (χ3n) is 13.3. The molecule has 61 heavy (non-hydrogen) atoms. The van der Waals surface area contributed by atoms with Gasteiger partial charge < -0.3 is 4.90 Å². The molecule has 0 N–H and O–H groups in total. The average Bonchev–Trinajstić information content (AvgIpc) is 3.96. The number of anilines is 3. The molecule has 1 spiro atoms. The Labute approximate surface area is 359 Å². The van der Waals surface area contributed by atoms with E-state index >= 15 is 0 Å². The van der Waals surface area contributed by atoms with Crippen LogP contribution in [0.3, 0.4) is 0 Å². The van der Waals surface area contributed by atoms with Crippen LogP contribution in [0.5, 0.6) is 0 Å². The largest absolute Gasteiger partial charge is 0.310 e. The number of rotatable bonds is 5. The summed E-state index contributed by atoms with van der Waals surface area (Å²) in [5.41, 5.74) is 18.5. The van der Waals surface area contributed by atoms with Crippen LogP contribution < -0.4 is 4.90 Å². The first-order valence-electron chi connectivity index (χ1n) is 21.1. The topological polar surface area (TPSA) is 3.24 Å². The molecule has 10 aromatic carbocycles. The number of thiophene rings is 1. The van der Waals surface area contributed by atoms with E-state index in [0.717, 1.165) is 17.1 Å². The molecule has 13 rings (SSSR count). The van der Waals surface area contributed by atoms with Crippen molar-refractivity contribution < 1.29 is 0 Å². The molecule has 2 heteroatoms. The van der Waals surface area contributed by atoms with Gasteiger partial charge in [0.25, 0.3) is 0 Å². The Balaban J connectivity index is 1.04. The molecule has 1 nitrogen and oxygen atoms in total. The molecule has 0 saturated carbocycles. The SMILES string of the molecule is c1ccc(-c2ccc(N(c3ccc4c(c3)C3(c5ccccc5-c5ccccc53)c3ccccc3-4)c3ccc4c(c3)sc3c5ccccc5c(-c5ccccc5)cc43)cc2)cc1. The van der Waals surface area contributed by atoms with Gasteiger partial charge in [0.15, 0.2) is 0 Å². The van der Waals surface area contributed by atoms with Crippen molar-refractivity contribution in [3.63, 3.8) is 0 Å². The van der Waals surface area contributed by atoms with Crippen molar-refractivity contribution in [2.45, 2.75) is 5.41 Å². The zero-order valence-electron chi connectivity index (χ0n) is 33.2. The fourth-order valence-electron chi connectivity index (χ4n) is 10.7. The molecule has 0 radical (unpaired) electrons. The van der Waals surface area contributed by atoms with E-state index < -0.39 is 5.41 Å². The van der Waals surface area contributed by atoms with Gasteiger partial charge in [0.1, 0.15) is 0 Å². The second-order valence-electron chi connectivity index (χ2n) is 16.4. The van der Waals surface area contributed by atoms with Crippen LogP contribution in [-0.4, -0.2) is 0 Å². The van der Waals surface area contributed by atoms with Gasteiger partial charge in [0.05, 0.1) is 5.41 Å². The molecule has 0 bridgehead atoms. The Morgan fingerprint density at radius 1 is 0.295 bits per heavy atom. The molecule has 2 aliphatic carbocycles. The molecule has 0 unspecified atom stereocenters. The van der Waals surface area contributed by atoms with E-state index in [1.54, 1.807) is 0 Å². The van der Waals surface area contributed by atoms with Crippen LogP contribution >= 0.6 is 11.3 Å². The highest BCUT2D eigenvalue weighted by Gasteiger charge is 2.51. The van der Waals surface area contributed by atoms with Crippen molar-refractivity contribution in [3.8, 4) is 44.5 Å². The molecule has 0 atom stereocenters. The summed E-state index contributed by atoms with van der Waals surface area (Å²) in [5.74, 6) is 0. The molecule has 284 valence electrons. The lowest BCUT2D eigenvalue weighted by Gasteiger charge is -2.32. The van der Waals surface area contributed by atoms with Crippen LogP contribution in [-0.2, 0) is 5.41 Å². The van der Waals surface area contributed by atoms with Crippen LogP contribution in [0, 0.1) is 0 Å². The highest BCUT2D eigenvalue weighted by Crippen LogP contribution is 2.63. The number of hydrogen-bond acceptors (Lipinski definition) is 2. The third kappa shape index (κ3) is 4.94. The van der Waals surface area contributed by atoms with Gasteiger partial charge in [-0.2, -0.15) is 0 Å². The highest BCUT2D eigenvalue weighted by atomic mass is 32.1. The Bertz CT molecular complexity index is 3460. The van der Waals surface area contributed by atoms with Gasteiger partial charge >= 0.3 is 0 Å². The molecule has 1 aromatic heterocycles. The highest BCUT2D eigenvalue weighted by molar-refractivity contribution is 7.26. The monoisotopic (exact) mass is 791 g/mol. The van der Waals surface area contributed by atoms with E-state index in [4.69, 9.17) is 0 Å². The molecule has 2 aliphatic rings. The molecule has 0 fully saturated rings. The van der Waals surface area contributed by atoms with Crippen LogP contribution in [0.2, 0.25) is 0 Å². The first-order valence-corrected chi connectivity index (χ1v) is 21.9. The quantitative estimate of drug-likeness (QED) is 0.168. The van der Waals surface area contributed by atoms with Gasteiger partial charge in [-0.3, -0.25) is 0 Å². The number of nitrogens with zero attached hydrogens (tertiary/aromatic N) is 1. The maximum Gasteiger partial charge on any atom is 0.0726 e. The van der Waals surface area contributed by atoms with Gasteiger partial charge in [-0.25, -0.2) is 0 Å². The zero-order valence-corrected chi connectivity index (χ0v) is 34.0. The minimum atomic E-state index is -0.426.